The molecule has 2 unspecified atom stereocenters. The molecular formula is C56H93N9O4S2. The Labute approximate surface area is 438 Å². The van der Waals surface area contributed by atoms with Gasteiger partial charge in [-0.05, 0) is 198 Å². The highest BCUT2D eigenvalue weighted by Crippen LogP contribution is 2.31. The third-order valence-corrected chi connectivity index (χ3v) is 15.4. The molecule has 15 heteroatoms. The third kappa shape index (κ3) is 21.0. The predicted octanol–water partition coefficient (Wildman–Crippen LogP) is 14.3. The fourth-order valence-corrected chi connectivity index (χ4v) is 7.93. The Balaban J connectivity index is 0.000000786. The Morgan fingerprint density at radius 1 is 0.634 bits per heavy atom. The first-order valence-electron chi connectivity index (χ1n) is 24.6. The highest BCUT2D eigenvalue weighted by molar-refractivity contribution is 7.11. The van der Waals surface area contributed by atoms with E-state index in [2.05, 4.69) is 122 Å². The summed E-state index contributed by atoms with van der Waals surface area (Å²) in [7, 11) is 6.28. The molecule has 0 saturated carbocycles. The lowest BCUT2D eigenvalue weighted by Crippen LogP contribution is -2.35. The maximum atomic E-state index is 10.9. The number of hydrogen-bond donors (Lipinski definition) is 0. The number of cyclic esters (lactones) is 1. The molecule has 1 fully saturated rings. The summed E-state index contributed by atoms with van der Waals surface area (Å²) in [6, 6.07) is 5.39. The van der Waals surface area contributed by atoms with Crippen molar-refractivity contribution in [1.29, 1.82) is 0 Å². The van der Waals surface area contributed by atoms with Crippen LogP contribution in [-0.2, 0) is 16.6 Å². The lowest BCUT2D eigenvalue weighted by atomic mass is 9.98. The second kappa shape index (κ2) is 30.9. The Kier molecular flexibility index (Phi) is 28.8. The van der Waals surface area contributed by atoms with Crippen LogP contribution in [0.5, 0.6) is 0 Å². The average Bonchev–Trinajstić information content (AvgIpc) is 4.11. The molecule has 0 N–H and O–H groups in total. The quantitative estimate of drug-likeness (QED) is 0.134. The van der Waals surface area contributed by atoms with Crippen LogP contribution in [0.4, 0.5) is 0 Å². The van der Waals surface area contributed by atoms with Crippen molar-refractivity contribution in [3.05, 3.63) is 124 Å². The lowest BCUT2D eigenvalue weighted by Gasteiger charge is -2.24. The van der Waals surface area contributed by atoms with Crippen molar-refractivity contribution < 1.29 is 18.5 Å². The standard InChI is InChI=1S/C8H18N2.C8H12O2.C7H12N2.C7H9N.2C6H9NO.2C6H9NS.C2H6/c1-6-7(2)9(4)10(5)8(6)3;1-5-6(2)8(3,4)10-7(5)9;1-5-6(2)8-9(4)7(5)3;1-6-4-3-5-8-7(6)2;1-4-5(2)8-6(3)7-4;1-4-5(2)7-8-6(4)3;1-4-5(2)8-6(3)7-4;1-4-5(2)7-8-6(4)3;1-2/h6-8H,1-5H3;1-4H3;1-4H3;3-5H,1-2H3;4*1-3H3;1-2H3. The van der Waals surface area contributed by atoms with Gasteiger partial charge in [-0.15, -0.1) is 11.3 Å². The SMILES string of the molecule is CC.CC1=C(C)C(C)(C)OC1=O.CC1C(C)N(C)N(C)C1C.Cc1cccnc1C.Cc1nc(C)c(C)o1.Cc1nc(C)c(C)s1.Cc1nn(C)c(C)c1C.Cc1noc(C)c1C.Cc1nsc(C)c1C. The fourth-order valence-electron chi connectivity index (χ4n) is 6.42. The lowest BCUT2D eigenvalue weighted by molar-refractivity contribution is -0.144. The van der Waals surface area contributed by atoms with E-state index >= 15 is 0 Å². The molecule has 2 atom stereocenters. The highest BCUT2D eigenvalue weighted by Gasteiger charge is 2.36. The summed E-state index contributed by atoms with van der Waals surface area (Å²) in [4.78, 5) is 25.9. The van der Waals surface area contributed by atoms with Crippen LogP contribution >= 0.6 is 22.9 Å². The van der Waals surface area contributed by atoms with Crippen LogP contribution in [0, 0.1) is 124 Å². The monoisotopic (exact) mass is 1020 g/mol. The van der Waals surface area contributed by atoms with Gasteiger partial charge in [-0.1, -0.05) is 32.0 Å². The van der Waals surface area contributed by atoms with E-state index in [-0.39, 0.29) is 11.6 Å². The molecule has 71 heavy (non-hydrogen) atoms. The fraction of sp³-hybridized carbons (Fsp3) is 0.589. The number of aromatic nitrogens is 7. The molecule has 13 nitrogen and oxygen atoms in total. The first kappa shape index (κ1) is 66.2. The zero-order valence-corrected chi connectivity index (χ0v) is 51.1. The van der Waals surface area contributed by atoms with E-state index in [1.807, 2.05) is 135 Å². The Morgan fingerprint density at radius 3 is 1.32 bits per heavy atom. The molecule has 6 aromatic rings. The van der Waals surface area contributed by atoms with E-state index in [0.29, 0.717) is 12.1 Å². The van der Waals surface area contributed by atoms with Crippen molar-refractivity contribution >= 4 is 28.8 Å². The smallest absolute Gasteiger partial charge is 0.334 e. The number of ether oxygens (including phenoxy) is 1. The molecule has 2 aliphatic rings. The van der Waals surface area contributed by atoms with Gasteiger partial charge in [0.15, 0.2) is 5.89 Å². The van der Waals surface area contributed by atoms with Gasteiger partial charge >= 0.3 is 5.97 Å². The Bertz CT molecular complexity index is 2300. The van der Waals surface area contributed by atoms with Gasteiger partial charge in [-0.25, -0.2) is 24.8 Å². The Hall–Kier alpha value is -4.83. The largest absolute Gasteiger partial charge is 0.452 e. The minimum atomic E-state index is -0.374. The zero-order chi connectivity index (χ0) is 55.4. The summed E-state index contributed by atoms with van der Waals surface area (Å²) < 4.78 is 21.1. The minimum absolute atomic E-state index is 0.178. The van der Waals surface area contributed by atoms with Crippen molar-refractivity contribution in [2.45, 2.75) is 198 Å². The molecule has 1 saturated heterocycles. The summed E-state index contributed by atoms with van der Waals surface area (Å²) in [5.41, 5.74) is 14.3. The number of thiazole rings is 1. The zero-order valence-electron chi connectivity index (χ0n) is 49.4. The summed E-state index contributed by atoms with van der Waals surface area (Å²) in [6.07, 6.45) is 1.81. The number of esters is 1. The highest BCUT2D eigenvalue weighted by atomic mass is 32.1. The number of rotatable bonds is 0. The topological polar surface area (TPSA) is 141 Å². The number of pyridine rings is 1. The molecule has 398 valence electrons. The van der Waals surface area contributed by atoms with Crippen molar-refractivity contribution in [2.75, 3.05) is 14.1 Å². The maximum Gasteiger partial charge on any atom is 0.334 e. The molecule has 0 spiro atoms. The van der Waals surface area contributed by atoms with Gasteiger partial charge < -0.3 is 13.7 Å². The number of carbonyl (C=O) groups is 1. The molecule has 6 aromatic heterocycles. The molecule has 8 rings (SSSR count). The number of carbonyl (C=O) groups excluding carboxylic acids is 1. The van der Waals surface area contributed by atoms with Crippen molar-refractivity contribution in [2.24, 2.45) is 13.0 Å². The van der Waals surface area contributed by atoms with Crippen LogP contribution in [-0.4, -0.2) is 82.0 Å². The minimum Gasteiger partial charge on any atom is -0.452 e. The summed E-state index contributed by atoms with van der Waals surface area (Å²) in [5.74, 6) is 3.20. The molecule has 0 aromatic carbocycles. The van der Waals surface area contributed by atoms with Crippen LogP contribution in [0.3, 0.4) is 0 Å². The van der Waals surface area contributed by atoms with Gasteiger partial charge in [0, 0.05) is 78.6 Å². The van der Waals surface area contributed by atoms with Crippen LogP contribution in [0.15, 0.2) is 38.4 Å². The molecule has 8 heterocycles. The maximum absolute atomic E-state index is 10.9. The molecule has 0 radical (unpaired) electrons. The van der Waals surface area contributed by atoms with Gasteiger partial charge in [0.25, 0.3) is 0 Å². The molecule has 2 aliphatic heterocycles. The average molecular weight is 1020 g/mol. The number of nitrogens with zero attached hydrogens (tertiary/aromatic N) is 9. The molecule has 0 bridgehead atoms. The van der Waals surface area contributed by atoms with Gasteiger partial charge in [0.05, 0.1) is 33.5 Å². The van der Waals surface area contributed by atoms with E-state index in [0.717, 1.165) is 62.8 Å². The Morgan fingerprint density at radius 2 is 1.18 bits per heavy atom. The van der Waals surface area contributed by atoms with Crippen LogP contribution in [0.2, 0.25) is 0 Å². The van der Waals surface area contributed by atoms with Crippen LogP contribution in [0.1, 0.15) is 157 Å². The van der Waals surface area contributed by atoms with E-state index in [1.54, 1.807) is 29.8 Å². The normalized spacial score (nSPS) is 16.5. The van der Waals surface area contributed by atoms with Gasteiger partial charge in [0.1, 0.15) is 17.1 Å². The molecule has 0 amide bonds. The summed E-state index contributed by atoms with van der Waals surface area (Å²) in [6.45, 7) is 52.6. The first-order chi connectivity index (χ1) is 32.8. The summed E-state index contributed by atoms with van der Waals surface area (Å²) in [5, 5.41) is 13.8. The van der Waals surface area contributed by atoms with Crippen molar-refractivity contribution in [3.8, 4) is 0 Å². The van der Waals surface area contributed by atoms with Crippen molar-refractivity contribution in [3.63, 3.8) is 0 Å². The third-order valence-electron chi connectivity index (χ3n) is 13.5. The van der Waals surface area contributed by atoms with Crippen LogP contribution < -0.4 is 0 Å². The van der Waals surface area contributed by atoms with Gasteiger partial charge in [0.2, 0.25) is 0 Å². The number of aryl methyl sites for hydroxylation is 14. The predicted molar refractivity (Wildman–Crippen MR) is 299 cm³/mol. The van der Waals surface area contributed by atoms with Gasteiger partial charge in [-0.3, -0.25) is 9.67 Å². The van der Waals surface area contributed by atoms with Gasteiger partial charge in [-0.2, -0.15) is 9.47 Å². The first-order valence-corrected chi connectivity index (χ1v) is 26.2. The van der Waals surface area contributed by atoms with E-state index in [1.165, 1.54) is 48.5 Å². The summed E-state index contributed by atoms with van der Waals surface area (Å²) >= 11 is 3.34. The number of hydrazine groups is 1. The van der Waals surface area contributed by atoms with E-state index in [9.17, 15) is 4.79 Å². The van der Waals surface area contributed by atoms with Crippen LogP contribution in [0.25, 0.3) is 0 Å². The second-order valence-electron chi connectivity index (χ2n) is 18.6. The number of oxazole rings is 1. The van der Waals surface area contributed by atoms with E-state index < -0.39 is 0 Å². The molecular weight excluding hydrogens is 927 g/mol. The van der Waals surface area contributed by atoms with Crippen molar-refractivity contribution in [1.82, 2.24) is 44.3 Å². The molecule has 0 aliphatic carbocycles. The van der Waals surface area contributed by atoms with E-state index in [4.69, 9.17) is 13.7 Å². The second-order valence-corrected chi connectivity index (χ2v) is 21.0. The number of hydrogen-bond acceptors (Lipinski definition) is 14.